The molecule has 1 unspecified atom stereocenters. The van der Waals surface area contributed by atoms with Crippen LogP contribution in [0.15, 0.2) is 43.0 Å². The van der Waals surface area contributed by atoms with Crippen LogP contribution in [0.1, 0.15) is 30.0 Å². The van der Waals surface area contributed by atoms with Crippen LogP contribution in [0.4, 0.5) is 0 Å². The van der Waals surface area contributed by atoms with Gasteiger partial charge in [-0.25, -0.2) is 4.98 Å². The summed E-state index contributed by atoms with van der Waals surface area (Å²) in [6.07, 6.45) is 7.42. The lowest BCUT2D eigenvalue weighted by Gasteiger charge is -2.13. The molecule has 0 aliphatic carbocycles. The first-order valence-electron chi connectivity index (χ1n) is 7.22. The van der Waals surface area contributed by atoms with Crippen molar-refractivity contribution < 1.29 is 4.79 Å². The molecule has 1 heterocycles. The molecular weight excluding hydrogens is 264 g/mol. The maximum absolute atomic E-state index is 12.0. The fourth-order valence-corrected chi connectivity index (χ4v) is 2.09. The minimum absolute atomic E-state index is 0.124. The highest BCUT2D eigenvalue weighted by molar-refractivity contribution is 5.82. The summed E-state index contributed by atoms with van der Waals surface area (Å²) in [4.78, 5) is 16.0. The Morgan fingerprint density at radius 3 is 2.76 bits per heavy atom. The number of aromatic nitrogens is 2. The van der Waals surface area contributed by atoms with Crippen molar-refractivity contribution >= 4 is 5.91 Å². The summed E-state index contributed by atoms with van der Waals surface area (Å²) in [7, 11) is 0. The smallest absolute Gasteiger partial charge is 0.241 e. The van der Waals surface area contributed by atoms with Crippen molar-refractivity contribution in [2.75, 3.05) is 6.54 Å². The zero-order chi connectivity index (χ0) is 15.1. The van der Waals surface area contributed by atoms with Gasteiger partial charge in [0.25, 0.3) is 0 Å². The first-order chi connectivity index (χ1) is 10.2. The molecule has 1 aromatic heterocycles. The van der Waals surface area contributed by atoms with E-state index in [1.807, 2.05) is 42.0 Å². The third kappa shape index (κ3) is 4.72. The highest BCUT2D eigenvalue weighted by atomic mass is 16.2. The van der Waals surface area contributed by atoms with Gasteiger partial charge in [-0.2, -0.15) is 0 Å². The number of nitrogens with two attached hydrogens (primary N) is 1. The molecule has 1 amide bonds. The number of nitrogens with zero attached hydrogens (tertiary/aromatic N) is 2. The molecule has 5 heteroatoms. The number of rotatable bonds is 7. The number of hydrogen-bond donors (Lipinski definition) is 2. The Morgan fingerprint density at radius 1 is 1.33 bits per heavy atom. The van der Waals surface area contributed by atoms with Gasteiger partial charge >= 0.3 is 0 Å². The third-order valence-electron chi connectivity index (χ3n) is 3.42. The van der Waals surface area contributed by atoms with Crippen molar-refractivity contribution in [1.29, 1.82) is 0 Å². The quantitative estimate of drug-likeness (QED) is 0.762. The number of amides is 1. The number of carbonyl (C=O) groups is 1. The van der Waals surface area contributed by atoms with Crippen molar-refractivity contribution in [3.8, 4) is 0 Å². The maximum atomic E-state index is 12.0. The summed E-state index contributed by atoms with van der Waals surface area (Å²) in [5, 5.41) is 2.89. The third-order valence-corrected chi connectivity index (χ3v) is 3.42. The Bertz CT molecular complexity index is 548. The molecule has 2 aromatic rings. The molecule has 21 heavy (non-hydrogen) atoms. The number of unbranched alkanes of at least 4 members (excludes halogenated alkanes) is 1. The lowest BCUT2D eigenvalue weighted by molar-refractivity contribution is -0.122. The van der Waals surface area contributed by atoms with E-state index in [1.165, 1.54) is 0 Å². The Morgan fingerprint density at radius 2 is 2.10 bits per heavy atom. The van der Waals surface area contributed by atoms with E-state index >= 15 is 0 Å². The minimum Gasteiger partial charge on any atom is -0.354 e. The van der Waals surface area contributed by atoms with E-state index in [2.05, 4.69) is 10.3 Å². The van der Waals surface area contributed by atoms with E-state index in [-0.39, 0.29) is 5.91 Å². The van der Waals surface area contributed by atoms with Gasteiger partial charge in [0.15, 0.2) is 0 Å². The van der Waals surface area contributed by atoms with Crippen LogP contribution in [0, 0.1) is 6.92 Å². The molecule has 0 saturated heterocycles. The molecule has 0 bridgehead atoms. The second-order valence-electron chi connectivity index (χ2n) is 5.19. The molecular formula is C16H22N4O. The van der Waals surface area contributed by atoms with E-state index in [0.29, 0.717) is 6.54 Å². The van der Waals surface area contributed by atoms with Gasteiger partial charge < -0.3 is 15.6 Å². The van der Waals surface area contributed by atoms with E-state index in [1.54, 1.807) is 12.5 Å². The lowest BCUT2D eigenvalue weighted by Crippen LogP contribution is -2.34. The predicted molar refractivity (Wildman–Crippen MR) is 82.6 cm³/mol. The monoisotopic (exact) mass is 286 g/mol. The van der Waals surface area contributed by atoms with Gasteiger partial charge in [0, 0.05) is 25.5 Å². The first kappa shape index (κ1) is 15.3. The fourth-order valence-electron chi connectivity index (χ4n) is 2.09. The molecule has 0 aliphatic heterocycles. The Labute approximate surface area is 125 Å². The number of benzene rings is 1. The largest absolute Gasteiger partial charge is 0.354 e. The molecule has 1 atom stereocenters. The van der Waals surface area contributed by atoms with Crippen LogP contribution in [-0.2, 0) is 11.3 Å². The Kier molecular flexibility index (Phi) is 5.51. The van der Waals surface area contributed by atoms with Crippen LogP contribution >= 0.6 is 0 Å². The molecule has 1 aromatic carbocycles. The molecule has 3 N–H and O–H groups in total. The topological polar surface area (TPSA) is 72.9 Å². The predicted octanol–water partition coefficient (Wildman–Crippen LogP) is 1.79. The van der Waals surface area contributed by atoms with Gasteiger partial charge in [0.2, 0.25) is 5.91 Å². The van der Waals surface area contributed by atoms with Gasteiger partial charge in [-0.05, 0) is 25.3 Å². The van der Waals surface area contributed by atoms with E-state index < -0.39 is 6.04 Å². The van der Waals surface area contributed by atoms with Crippen LogP contribution < -0.4 is 11.1 Å². The van der Waals surface area contributed by atoms with Crippen LogP contribution in [0.5, 0.6) is 0 Å². The highest BCUT2D eigenvalue weighted by Crippen LogP contribution is 2.11. The van der Waals surface area contributed by atoms with Crippen LogP contribution in [0.2, 0.25) is 0 Å². The average molecular weight is 286 g/mol. The normalized spacial score (nSPS) is 12.1. The first-order valence-corrected chi connectivity index (χ1v) is 7.22. The molecule has 0 spiro atoms. The number of aryl methyl sites for hydroxylation is 2. The maximum Gasteiger partial charge on any atom is 0.241 e. The SMILES string of the molecule is Cc1ccc(C(N)C(=O)NCCCCn2ccnc2)cc1. The van der Waals surface area contributed by atoms with Crippen molar-refractivity contribution in [2.24, 2.45) is 5.73 Å². The minimum atomic E-state index is -0.598. The van der Waals surface area contributed by atoms with Crippen molar-refractivity contribution in [3.05, 3.63) is 54.1 Å². The number of hydrogen-bond acceptors (Lipinski definition) is 3. The van der Waals surface area contributed by atoms with E-state index in [9.17, 15) is 4.79 Å². The summed E-state index contributed by atoms with van der Waals surface area (Å²) in [6.45, 7) is 3.57. The van der Waals surface area contributed by atoms with Gasteiger partial charge in [-0.1, -0.05) is 29.8 Å². The summed E-state index contributed by atoms with van der Waals surface area (Å²) < 4.78 is 2.03. The molecule has 5 nitrogen and oxygen atoms in total. The fraction of sp³-hybridized carbons (Fsp3) is 0.375. The van der Waals surface area contributed by atoms with Gasteiger partial charge in [-0.15, -0.1) is 0 Å². The molecule has 0 aliphatic rings. The molecule has 0 radical (unpaired) electrons. The lowest BCUT2D eigenvalue weighted by atomic mass is 10.1. The summed E-state index contributed by atoms with van der Waals surface area (Å²) in [6, 6.07) is 7.14. The zero-order valence-electron chi connectivity index (χ0n) is 12.3. The Hall–Kier alpha value is -2.14. The van der Waals surface area contributed by atoms with Crippen LogP contribution in [0.3, 0.4) is 0 Å². The number of carbonyl (C=O) groups excluding carboxylic acids is 1. The average Bonchev–Trinajstić information content (AvgIpc) is 3.00. The standard InChI is InChI=1S/C16H22N4O/c1-13-4-6-14(7-5-13)15(17)16(21)19-8-2-3-10-20-11-9-18-12-20/h4-7,9,11-12,15H,2-3,8,10,17H2,1H3,(H,19,21). The van der Waals surface area contributed by atoms with E-state index in [4.69, 9.17) is 5.73 Å². The summed E-state index contributed by atoms with van der Waals surface area (Å²) in [5.41, 5.74) is 7.96. The van der Waals surface area contributed by atoms with Gasteiger partial charge in [-0.3, -0.25) is 4.79 Å². The number of nitrogens with one attached hydrogen (secondary N) is 1. The van der Waals surface area contributed by atoms with E-state index in [0.717, 1.165) is 30.5 Å². The molecule has 0 saturated carbocycles. The van der Waals surface area contributed by atoms with Gasteiger partial charge in [0.1, 0.15) is 6.04 Å². The van der Waals surface area contributed by atoms with Crippen molar-refractivity contribution in [3.63, 3.8) is 0 Å². The highest BCUT2D eigenvalue weighted by Gasteiger charge is 2.14. The molecule has 0 fully saturated rings. The van der Waals surface area contributed by atoms with Crippen LogP contribution in [0.25, 0.3) is 0 Å². The zero-order valence-corrected chi connectivity index (χ0v) is 12.3. The summed E-state index contributed by atoms with van der Waals surface area (Å²) >= 11 is 0. The second kappa shape index (κ2) is 7.59. The van der Waals surface area contributed by atoms with Gasteiger partial charge in [0.05, 0.1) is 6.33 Å². The van der Waals surface area contributed by atoms with Crippen LogP contribution in [-0.4, -0.2) is 22.0 Å². The number of imidazole rings is 1. The molecule has 112 valence electrons. The van der Waals surface area contributed by atoms with Crippen molar-refractivity contribution in [2.45, 2.75) is 32.4 Å². The Balaban J connectivity index is 1.68. The van der Waals surface area contributed by atoms with Crippen molar-refractivity contribution in [1.82, 2.24) is 14.9 Å². The molecule has 2 rings (SSSR count). The second-order valence-corrected chi connectivity index (χ2v) is 5.19. The summed E-state index contributed by atoms with van der Waals surface area (Å²) in [5.74, 6) is -0.124.